The summed E-state index contributed by atoms with van der Waals surface area (Å²) in [6.07, 6.45) is 2.26. The minimum atomic E-state index is 0.387. The van der Waals surface area contributed by atoms with Gasteiger partial charge in [-0.2, -0.15) is 0 Å². The molecule has 1 saturated heterocycles. The fourth-order valence-corrected chi connectivity index (χ4v) is 4.18. The van der Waals surface area contributed by atoms with Gasteiger partial charge in [0.15, 0.2) is 5.82 Å². The first-order valence-electron chi connectivity index (χ1n) is 10.7. The first-order valence-corrected chi connectivity index (χ1v) is 10.7. The molecule has 0 aliphatic carbocycles. The Kier molecular flexibility index (Phi) is 5.50. The normalized spacial score (nSPS) is 16.5. The van der Waals surface area contributed by atoms with Crippen molar-refractivity contribution < 1.29 is 4.74 Å². The number of methoxy groups -OCH3 is 1. The second-order valence-electron chi connectivity index (χ2n) is 7.84. The molecule has 0 amide bonds. The number of hydrogen-bond donors (Lipinski definition) is 2. The molecule has 1 aliphatic rings. The van der Waals surface area contributed by atoms with E-state index in [2.05, 4.69) is 42.5 Å². The molecular weight excluding hydrogens is 388 g/mol. The van der Waals surface area contributed by atoms with Gasteiger partial charge in [0.1, 0.15) is 11.6 Å². The van der Waals surface area contributed by atoms with Gasteiger partial charge in [-0.3, -0.25) is 0 Å². The number of ether oxygens (including phenoxy) is 1. The van der Waals surface area contributed by atoms with Crippen molar-refractivity contribution in [1.82, 2.24) is 25.5 Å². The number of aromatic amines is 1. The molecule has 1 atom stereocenters. The smallest absolute Gasteiger partial charge is 0.151 e. The molecule has 0 bridgehead atoms. The minimum absolute atomic E-state index is 0.387. The van der Waals surface area contributed by atoms with Crippen molar-refractivity contribution >= 4 is 16.9 Å². The molecule has 0 spiro atoms. The molecule has 1 unspecified atom stereocenters. The molecule has 4 aromatic rings. The Morgan fingerprint density at radius 2 is 1.94 bits per heavy atom. The van der Waals surface area contributed by atoms with Gasteiger partial charge >= 0.3 is 0 Å². The highest BCUT2D eigenvalue weighted by molar-refractivity contribution is 5.74. The van der Waals surface area contributed by atoms with E-state index in [1.807, 2.05) is 48.5 Å². The van der Waals surface area contributed by atoms with Gasteiger partial charge in [0.25, 0.3) is 0 Å². The zero-order valence-electron chi connectivity index (χ0n) is 17.6. The summed E-state index contributed by atoms with van der Waals surface area (Å²) in [5, 5.41) is 12.6. The molecular formula is C24H26N6O. The molecule has 2 aromatic carbocycles. The van der Waals surface area contributed by atoms with Crippen LogP contribution in [-0.4, -0.2) is 46.4 Å². The van der Waals surface area contributed by atoms with Gasteiger partial charge in [0.2, 0.25) is 0 Å². The number of piperidine rings is 1. The van der Waals surface area contributed by atoms with Crippen LogP contribution in [0, 0.1) is 0 Å². The predicted molar refractivity (Wildman–Crippen MR) is 122 cm³/mol. The highest BCUT2D eigenvalue weighted by Gasteiger charge is 2.21. The lowest BCUT2D eigenvalue weighted by Crippen LogP contribution is -2.46. The maximum Gasteiger partial charge on any atom is 0.151 e. The topological polar surface area (TPSA) is 79.0 Å². The van der Waals surface area contributed by atoms with E-state index in [-0.39, 0.29) is 0 Å². The monoisotopic (exact) mass is 414 g/mol. The number of nitrogens with zero attached hydrogens (tertiary/aromatic N) is 4. The zero-order valence-corrected chi connectivity index (χ0v) is 17.6. The summed E-state index contributed by atoms with van der Waals surface area (Å²) in [6, 6.07) is 20.5. The van der Waals surface area contributed by atoms with E-state index in [0.717, 1.165) is 72.2 Å². The predicted octanol–water partition coefficient (Wildman–Crippen LogP) is 3.79. The number of rotatable bonds is 6. The van der Waals surface area contributed by atoms with Crippen LogP contribution < -0.4 is 15.0 Å². The highest BCUT2D eigenvalue weighted by Crippen LogP contribution is 2.28. The van der Waals surface area contributed by atoms with Gasteiger partial charge < -0.3 is 19.9 Å². The first-order chi connectivity index (χ1) is 15.3. The van der Waals surface area contributed by atoms with E-state index in [1.165, 1.54) is 0 Å². The lowest BCUT2D eigenvalue weighted by Gasteiger charge is -2.33. The number of aromatic nitrogens is 4. The van der Waals surface area contributed by atoms with E-state index in [0.29, 0.717) is 6.04 Å². The SMILES string of the molecule is COc1ccccc1-c1ccc(N2CCCC(NCc3nc4ccccc4[nH]3)C2)nn1. The van der Waals surface area contributed by atoms with E-state index in [1.54, 1.807) is 7.11 Å². The minimum Gasteiger partial charge on any atom is -0.496 e. The molecule has 1 aliphatic heterocycles. The maximum absolute atomic E-state index is 5.45. The van der Waals surface area contributed by atoms with Gasteiger partial charge in [0.05, 0.1) is 30.4 Å². The fraction of sp³-hybridized carbons (Fsp3) is 0.292. The van der Waals surface area contributed by atoms with Crippen molar-refractivity contribution in [2.75, 3.05) is 25.1 Å². The summed E-state index contributed by atoms with van der Waals surface area (Å²) in [5.41, 5.74) is 3.86. The quantitative estimate of drug-likeness (QED) is 0.500. The summed E-state index contributed by atoms with van der Waals surface area (Å²) in [5.74, 6) is 2.69. The van der Waals surface area contributed by atoms with E-state index in [9.17, 15) is 0 Å². The number of nitrogens with one attached hydrogen (secondary N) is 2. The van der Waals surface area contributed by atoms with Crippen LogP contribution in [0.3, 0.4) is 0 Å². The van der Waals surface area contributed by atoms with Crippen LogP contribution in [0.25, 0.3) is 22.3 Å². The number of H-pyrrole nitrogens is 1. The maximum atomic E-state index is 5.45. The number of imidazole rings is 1. The van der Waals surface area contributed by atoms with Crippen LogP contribution in [0.4, 0.5) is 5.82 Å². The zero-order chi connectivity index (χ0) is 21.0. The van der Waals surface area contributed by atoms with Crippen molar-refractivity contribution in [2.24, 2.45) is 0 Å². The first kappa shape index (κ1) is 19.5. The lowest BCUT2D eigenvalue weighted by atomic mass is 10.1. The molecule has 2 N–H and O–H groups in total. The Hall–Kier alpha value is -3.45. The van der Waals surface area contributed by atoms with Crippen LogP contribution in [-0.2, 0) is 6.54 Å². The average molecular weight is 415 g/mol. The van der Waals surface area contributed by atoms with E-state index >= 15 is 0 Å². The molecule has 0 saturated carbocycles. The van der Waals surface area contributed by atoms with Crippen molar-refractivity contribution in [3.8, 4) is 17.0 Å². The third-order valence-electron chi connectivity index (χ3n) is 5.78. The standard InChI is InChI=1S/C24H26N6O/c1-31-22-11-5-2-8-18(22)19-12-13-24(29-28-19)30-14-6-7-17(16-30)25-15-23-26-20-9-3-4-10-21(20)27-23/h2-5,8-13,17,25H,6-7,14-16H2,1H3,(H,26,27). The second-order valence-corrected chi connectivity index (χ2v) is 7.84. The molecule has 1 fully saturated rings. The summed E-state index contributed by atoms with van der Waals surface area (Å²) in [4.78, 5) is 10.4. The Morgan fingerprint density at radius 3 is 2.77 bits per heavy atom. The van der Waals surface area contributed by atoms with Crippen molar-refractivity contribution in [3.05, 3.63) is 66.5 Å². The number of para-hydroxylation sites is 3. The van der Waals surface area contributed by atoms with Crippen molar-refractivity contribution in [2.45, 2.75) is 25.4 Å². The van der Waals surface area contributed by atoms with Crippen molar-refractivity contribution in [3.63, 3.8) is 0 Å². The third kappa shape index (κ3) is 4.22. The summed E-state index contributed by atoms with van der Waals surface area (Å²) >= 11 is 0. The second kappa shape index (κ2) is 8.73. The van der Waals surface area contributed by atoms with Crippen LogP contribution in [0.1, 0.15) is 18.7 Å². The van der Waals surface area contributed by atoms with Crippen LogP contribution in [0.5, 0.6) is 5.75 Å². The molecule has 3 heterocycles. The number of anilines is 1. The van der Waals surface area contributed by atoms with Crippen molar-refractivity contribution in [1.29, 1.82) is 0 Å². The van der Waals surface area contributed by atoms with E-state index in [4.69, 9.17) is 4.74 Å². The van der Waals surface area contributed by atoms with Crippen LogP contribution in [0.15, 0.2) is 60.7 Å². The lowest BCUT2D eigenvalue weighted by molar-refractivity contribution is 0.415. The molecule has 7 heteroatoms. The number of hydrogen-bond acceptors (Lipinski definition) is 6. The molecule has 5 rings (SSSR count). The molecule has 7 nitrogen and oxygen atoms in total. The molecule has 0 radical (unpaired) electrons. The summed E-state index contributed by atoms with van der Waals surface area (Å²) < 4.78 is 5.45. The van der Waals surface area contributed by atoms with Gasteiger partial charge in [0, 0.05) is 24.7 Å². The fourth-order valence-electron chi connectivity index (χ4n) is 4.18. The Bertz CT molecular complexity index is 1120. The molecule has 2 aromatic heterocycles. The Balaban J connectivity index is 1.23. The number of fused-ring (bicyclic) bond motifs is 1. The summed E-state index contributed by atoms with van der Waals surface area (Å²) in [7, 11) is 1.67. The number of benzene rings is 2. The average Bonchev–Trinajstić information content (AvgIpc) is 3.26. The Morgan fingerprint density at radius 1 is 1.06 bits per heavy atom. The van der Waals surface area contributed by atoms with E-state index < -0.39 is 0 Å². The largest absolute Gasteiger partial charge is 0.496 e. The van der Waals surface area contributed by atoms with Gasteiger partial charge in [-0.1, -0.05) is 24.3 Å². The molecule has 158 valence electrons. The third-order valence-corrected chi connectivity index (χ3v) is 5.78. The van der Waals surface area contributed by atoms with Gasteiger partial charge in [-0.25, -0.2) is 4.98 Å². The Labute approximate surface area is 181 Å². The van der Waals surface area contributed by atoms with Gasteiger partial charge in [-0.15, -0.1) is 10.2 Å². The summed E-state index contributed by atoms with van der Waals surface area (Å²) in [6.45, 7) is 2.63. The van der Waals surface area contributed by atoms with Crippen LogP contribution in [0.2, 0.25) is 0 Å². The van der Waals surface area contributed by atoms with Gasteiger partial charge in [-0.05, 0) is 49.2 Å². The highest BCUT2D eigenvalue weighted by atomic mass is 16.5. The van der Waals surface area contributed by atoms with Crippen LogP contribution >= 0.6 is 0 Å². The molecule has 31 heavy (non-hydrogen) atoms.